The third kappa shape index (κ3) is 3.45. The highest BCUT2D eigenvalue weighted by molar-refractivity contribution is 9.09. The van der Waals surface area contributed by atoms with E-state index in [0.29, 0.717) is 5.45 Å². The van der Waals surface area contributed by atoms with Crippen molar-refractivity contribution in [1.82, 2.24) is 5.32 Å². The van der Waals surface area contributed by atoms with Crippen LogP contribution in [0.25, 0.3) is 10.4 Å². The zero-order valence-electron chi connectivity index (χ0n) is 3.83. The summed E-state index contributed by atoms with van der Waals surface area (Å²) in [6.07, 6.45) is 0. The number of urea groups is 1. The number of carbonyl (C=O) groups excluding carboxylic acids is 1. The molecule has 0 saturated carbocycles. The Morgan fingerprint density at radius 2 is 2.62 bits per heavy atom. The fourth-order valence-corrected chi connectivity index (χ4v) is 0.373. The van der Waals surface area contributed by atoms with Crippen molar-refractivity contribution in [3.63, 3.8) is 0 Å². The van der Waals surface area contributed by atoms with Gasteiger partial charge in [-0.1, -0.05) is 15.9 Å². The molecule has 0 atom stereocenters. The summed E-state index contributed by atoms with van der Waals surface area (Å²) < 4.78 is 0. The Morgan fingerprint density at radius 1 is 2.00 bits per heavy atom. The molecule has 0 bridgehead atoms. The molecule has 0 aliphatic carbocycles. The van der Waals surface area contributed by atoms with E-state index in [-0.39, 0.29) is 0 Å². The van der Waals surface area contributed by atoms with E-state index >= 15 is 0 Å². The summed E-state index contributed by atoms with van der Waals surface area (Å²) in [6, 6.07) is -0.677. The molecule has 0 aromatic heterocycles. The SMILES string of the molecule is [N-]=[N+]=NC(=O)NCBr. The van der Waals surface area contributed by atoms with Crippen molar-refractivity contribution in [2.75, 3.05) is 5.45 Å². The van der Waals surface area contributed by atoms with Crippen LogP contribution in [-0.2, 0) is 0 Å². The number of hydrogen-bond donors (Lipinski definition) is 1. The van der Waals surface area contributed by atoms with Crippen LogP contribution in [0.15, 0.2) is 5.11 Å². The van der Waals surface area contributed by atoms with Gasteiger partial charge in [0.15, 0.2) is 0 Å². The first-order chi connectivity index (χ1) is 3.81. The first kappa shape index (κ1) is 7.26. The Morgan fingerprint density at radius 3 is 3.00 bits per heavy atom. The van der Waals surface area contributed by atoms with Crippen molar-refractivity contribution in [2.24, 2.45) is 5.11 Å². The number of hydrogen-bond acceptors (Lipinski definition) is 1. The largest absolute Gasteiger partial charge is 0.341 e. The van der Waals surface area contributed by atoms with Crippen LogP contribution < -0.4 is 5.32 Å². The molecule has 0 fully saturated rings. The van der Waals surface area contributed by atoms with Gasteiger partial charge < -0.3 is 5.32 Å². The first-order valence-electron chi connectivity index (χ1n) is 1.70. The third-order valence-corrected chi connectivity index (χ3v) is 0.634. The summed E-state index contributed by atoms with van der Waals surface area (Å²) in [4.78, 5) is 12.3. The van der Waals surface area contributed by atoms with Crippen molar-refractivity contribution in [3.05, 3.63) is 10.4 Å². The smallest absolute Gasteiger partial charge is 0.308 e. The van der Waals surface area contributed by atoms with Gasteiger partial charge in [0.1, 0.15) is 0 Å². The average molecular weight is 179 g/mol. The molecule has 0 heterocycles. The Kier molecular flexibility index (Phi) is 4.01. The number of nitrogens with one attached hydrogen (secondary N) is 1. The van der Waals surface area contributed by atoms with Crippen LogP contribution >= 0.6 is 15.9 Å². The molecule has 0 saturated heterocycles. The quantitative estimate of drug-likeness (QED) is 0.213. The predicted molar refractivity (Wildman–Crippen MR) is 31.5 cm³/mol. The molecule has 0 aromatic rings. The van der Waals surface area contributed by atoms with Crippen LogP contribution in [0.5, 0.6) is 0 Å². The van der Waals surface area contributed by atoms with Crippen LogP contribution in [0.3, 0.4) is 0 Å². The van der Waals surface area contributed by atoms with Gasteiger partial charge >= 0.3 is 6.03 Å². The maximum absolute atomic E-state index is 10.1. The van der Waals surface area contributed by atoms with Gasteiger partial charge in [-0.2, -0.15) is 0 Å². The minimum Gasteiger partial charge on any atom is -0.341 e. The lowest BCUT2D eigenvalue weighted by molar-refractivity contribution is 0.250. The molecular weight excluding hydrogens is 176 g/mol. The van der Waals surface area contributed by atoms with Crippen molar-refractivity contribution >= 4 is 22.0 Å². The van der Waals surface area contributed by atoms with E-state index in [2.05, 4.69) is 31.3 Å². The number of amides is 2. The molecular formula is C2H3BrN4O. The summed E-state index contributed by atoms with van der Waals surface area (Å²) in [5, 5.41) is 4.92. The molecule has 1 N–H and O–H groups in total. The summed E-state index contributed by atoms with van der Waals surface area (Å²) in [7, 11) is 0. The molecule has 8 heavy (non-hydrogen) atoms. The molecule has 6 heteroatoms. The highest BCUT2D eigenvalue weighted by Crippen LogP contribution is 1.76. The predicted octanol–water partition coefficient (Wildman–Crippen LogP) is 1.36. The minimum absolute atomic E-state index is 0.296. The summed E-state index contributed by atoms with van der Waals surface area (Å²) >= 11 is 2.90. The second-order valence-corrected chi connectivity index (χ2v) is 1.37. The second kappa shape index (κ2) is 4.42. The highest BCUT2D eigenvalue weighted by atomic mass is 79.9. The molecule has 0 spiro atoms. The zero-order valence-corrected chi connectivity index (χ0v) is 5.42. The van der Waals surface area contributed by atoms with Crippen molar-refractivity contribution in [1.29, 1.82) is 0 Å². The van der Waals surface area contributed by atoms with Crippen LogP contribution in [0.1, 0.15) is 0 Å². The number of azide groups is 1. The third-order valence-electron chi connectivity index (χ3n) is 0.354. The number of halogens is 1. The number of rotatable bonds is 1. The average Bonchev–Trinajstić information content (AvgIpc) is 1.68. The Bertz CT molecular complexity index is 128. The maximum Gasteiger partial charge on any atom is 0.308 e. The van der Waals surface area contributed by atoms with Crippen molar-refractivity contribution in [2.45, 2.75) is 0 Å². The Labute approximate surface area is 53.8 Å². The fourth-order valence-electron chi connectivity index (χ4n) is 0.133. The van der Waals surface area contributed by atoms with Crippen LogP contribution in [0.2, 0.25) is 0 Å². The van der Waals surface area contributed by atoms with E-state index in [1.807, 2.05) is 0 Å². The van der Waals surface area contributed by atoms with Crippen LogP contribution in [0.4, 0.5) is 4.79 Å². The lowest BCUT2D eigenvalue weighted by Crippen LogP contribution is -2.15. The Balaban J connectivity index is 3.49. The second-order valence-electron chi connectivity index (χ2n) is 0.805. The van der Waals surface area contributed by atoms with Crippen molar-refractivity contribution in [3.8, 4) is 0 Å². The summed E-state index contributed by atoms with van der Waals surface area (Å²) in [5.41, 5.74) is 7.94. The number of carbonyl (C=O) groups is 1. The van der Waals surface area contributed by atoms with Crippen LogP contribution in [0, 0.1) is 0 Å². The molecule has 44 valence electrons. The van der Waals surface area contributed by atoms with Gasteiger partial charge in [0.2, 0.25) is 0 Å². The van der Waals surface area contributed by atoms with Gasteiger partial charge in [-0.25, -0.2) is 0 Å². The molecule has 0 radical (unpaired) electrons. The van der Waals surface area contributed by atoms with E-state index in [1.165, 1.54) is 0 Å². The normalized spacial score (nSPS) is 7.12. The van der Waals surface area contributed by atoms with E-state index in [1.54, 1.807) is 0 Å². The van der Waals surface area contributed by atoms with E-state index in [9.17, 15) is 4.79 Å². The van der Waals surface area contributed by atoms with Crippen LogP contribution in [-0.4, -0.2) is 11.5 Å². The van der Waals surface area contributed by atoms with Crippen molar-refractivity contribution < 1.29 is 4.79 Å². The topological polar surface area (TPSA) is 77.9 Å². The monoisotopic (exact) mass is 178 g/mol. The van der Waals surface area contributed by atoms with Gasteiger partial charge in [-0.15, -0.1) is 0 Å². The van der Waals surface area contributed by atoms with Gasteiger partial charge in [-0.05, 0) is 5.53 Å². The molecule has 0 unspecified atom stereocenters. The van der Waals surface area contributed by atoms with Gasteiger partial charge in [-0.3, -0.25) is 4.79 Å². The molecule has 2 amide bonds. The summed E-state index contributed by atoms with van der Waals surface area (Å²) in [5.74, 6) is 0. The first-order valence-corrected chi connectivity index (χ1v) is 2.82. The lowest BCUT2D eigenvalue weighted by atomic mass is 11.0. The fraction of sp³-hybridized carbons (Fsp3) is 0.500. The standard InChI is InChI=1S/C2H3BrN4O/c3-1-5-2(8)6-7-4/h1H2,(H,5,8). The minimum atomic E-state index is -0.677. The van der Waals surface area contributed by atoms with E-state index < -0.39 is 6.03 Å². The lowest BCUT2D eigenvalue weighted by Gasteiger charge is -1.87. The highest BCUT2D eigenvalue weighted by Gasteiger charge is 1.88. The number of alkyl halides is 1. The van der Waals surface area contributed by atoms with Gasteiger partial charge in [0.05, 0.1) is 5.45 Å². The molecule has 0 rings (SSSR count). The number of nitrogens with zero attached hydrogens (tertiary/aromatic N) is 3. The summed E-state index contributed by atoms with van der Waals surface area (Å²) in [6.45, 7) is 0. The zero-order chi connectivity index (χ0) is 6.41. The van der Waals surface area contributed by atoms with E-state index in [4.69, 9.17) is 5.53 Å². The molecule has 0 aliphatic heterocycles. The molecule has 0 aromatic carbocycles. The van der Waals surface area contributed by atoms with Gasteiger partial charge in [0, 0.05) is 10.0 Å². The Hall–Kier alpha value is -0.740. The maximum atomic E-state index is 10.1. The van der Waals surface area contributed by atoms with E-state index in [0.717, 1.165) is 0 Å². The molecule has 0 aliphatic rings. The van der Waals surface area contributed by atoms with Gasteiger partial charge in [0.25, 0.3) is 0 Å². The molecule has 5 nitrogen and oxygen atoms in total.